The van der Waals surface area contributed by atoms with Crippen molar-refractivity contribution in [2.45, 2.75) is 20.3 Å². The Labute approximate surface area is 190 Å². The second-order valence-corrected chi connectivity index (χ2v) is 8.60. The third-order valence-corrected chi connectivity index (χ3v) is 5.80. The van der Waals surface area contributed by atoms with Crippen molar-refractivity contribution >= 4 is 28.5 Å². The van der Waals surface area contributed by atoms with Crippen molar-refractivity contribution in [3.8, 4) is 17.4 Å². The summed E-state index contributed by atoms with van der Waals surface area (Å²) in [5.74, 6) is 0.595. The van der Waals surface area contributed by atoms with E-state index in [0.717, 1.165) is 22.4 Å². The molecule has 0 bridgehead atoms. The molecule has 1 N–H and O–H groups in total. The number of aryl methyl sites for hydroxylation is 2. The van der Waals surface area contributed by atoms with Gasteiger partial charge in [-0.3, -0.25) is 10.1 Å². The number of hydrogen-bond donors (Lipinski definition) is 1. The number of hydrogen-bond acceptors (Lipinski definition) is 5. The van der Waals surface area contributed by atoms with Crippen LogP contribution in [-0.2, 0) is 11.2 Å². The zero-order valence-electron chi connectivity index (χ0n) is 17.8. The summed E-state index contributed by atoms with van der Waals surface area (Å²) >= 11 is 1.39. The van der Waals surface area contributed by atoms with Gasteiger partial charge in [0, 0.05) is 29.1 Å². The molecule has 0 saturated heterocycles. The first-order valence-corrected chi connectivity index (χ1v) is 10.9. The third kappa shape index (κ3) is 5.20. The summed E-state index contributed by atoms with van der Waals surface area (Å²) in [5, 5.41) is 12.6. The summed E-state index contributed by atoms with van der Waals surface area (Å²) in [6.45, 7) is 4.07. The smallest absolute Gasteiger partial charge is 0.268 e. The molecule has 0 fully saturated rings. The van der Waals surface area contributed by atoms with Gasteiger partial charge in [-0.05, 0) is 31.5 Å². The van der Waals surface area contributed by atoms with E-state index in [1.54, 1.807) is 12.3 Å². The number of carbonyl (C=O) groups is 1. The lowest BCUT2D eigenvalue weighted by Crippen LogP contribution is -2.13. The number of carbonyl (C=O) groups excluding carboxylic acids is 1. The highest BCUT2D eigenvalue weighted by atomic mass is 32.1. The molecule has 0 aliphatic rings. The van der Waals surface area contributed by atoms with Crippen LogP contribution < -0.4 is 5.32 Å². The Hall–Kier alpha value is -3.95. The van der Waals surface area contributed by atoms with Gasteiger partial charge in [0.2, 0.25) is 0 Å². The predicted molar refractivity (Wildman–Crippen MR) is 127 cm³/mol. The molecule has 0 aliphatic heterocycles. The summed E-state index contributed by atoms with van der Waals surface area (Å²) < 4.78 is 5.80. The van der Waals surface area contributed by atoms with Crippen molar-refractivity contribution in [1.82, 2.24) is 4.98 Å². The van der Waals surface area contributed by atoms with E-state index < -0.39 is 5.91 Å². The predicted octanol–water partition coefficient (Wildman–Crippen LogP) is 6.16. The van der Waals surface area contributed by atoms with Gasteiger partial charge in [-0.2, -0.15) is 5.26 Å². The lowest BCUT2D eigenvalue weighted by molar-refractivity contribution is -0.112. The van der Waals surface area contributed by atoms with Crippen LogP contribution in [0.15, 0.2) is 76.9 Å². The van der Waals surface area contributed by atoms with Crippen LogP contribution in [0, 0.1) is 25.2 Å². The van der Waals surface area contributed by atoms with Crippen LogP contribution in [0.1, 0.15) is 27.3 Å². The molecule has 2 aromatic heterocycles. The van der Waals surface area contributed by atoms with Crippen molar-refractivity contribution < 1.29 is 9.21 Å². The molecular formula is C26H21N3O2S. The Kier molecular flexibility index (Phi) is 6.29. The first kappa shape index (κ1) is 21.3. The highest BCUT2D eigenvalue weighted by Crippen LogP contribution is 2.25. The molecule has 0 saturated carbocycles. The molecule has 0 unspecified atom stereocenters. The van der Waals surface area contributed by atoms with Gasteiger partial charge in [-0.1, -0.05) is 59.7 Å². The summed E-state index contributed by atoms with van der Waals surface area (Å²) in [5.41, 5.74) is 4.43. The minimum absolute atomic E-state index is 0.0508. The fourth-order valence-corrected chi connectivity index (χ4v) is 3.95. The first-order valence-electron chi connectivity index (χ1n) is 10.1. The zero-order chi connectivity index (χ0) is 22.5. The van der Waals surface area contributed by atoms with E-state index in [-0.39, 0.29) is 5.57 Å². The van der Waals surface area contributed by atoms with Crippen LogP contribution >= 0.6 is 11.3 Å². The highest BCUT2D eigenvalue weighted by molar-refractivity contribution is 7.15. The Morgan fingerprint density at radius 1 is 1.06 bits per heavy atom. The van der Waals surface area contributed by atoms with E-state index in [1.165, 1.54) is 28.5 Å². The molecule has 0 radical (unpaired) electrons. The first-order chi connectivity index (χ1) is 15.5. The van der Waals surface area contributed by atoms with Gasteiger partial charge in [-0.15, -0.1) is 11.3 Å². The molecule has 4 rings (SSSR count). The lowest BCUT2D eigenvalue weighted by atomic mass is 10.1. The van der Waals surface area contributed by atoms with Crippen molar-refractivity contribution in [1.29, 1.82) is 5.26 Å². The van der Waals surface area contributed by atoms with Crippen LogP contribution in [0.5, 0.6) is 0 Å². The number of benzene rings is 2. The third-order valence-electron chi connectivity index (χ3n) is 4.89. The number of aromatic nitrogens is 1. The SMILES string of the molecule is Cc1ccc(Cc2cnc(NC(=O)/C(C#N)=C/c3ccc(-c4ccc(C)cc4)o3)s2)cc1. The quantitative estimate of drug-likeness (QED) is 0.288. The van der Waals surface area contributed by atoms with Crippen molar-refractivity contribution in [3.05, 3.63) is 99.8 Å². The van der Waals surface area contributed by atoms with Crippen molar-refractivity contribution in [2.75, 3.05) is 5.32 Å². The fraction of sp³-hybridized carbons (Fsp3) is 0.115. The van der Waals surface area contributed by atoms with Crippen LogP contribution in [0.2, 0.25) is 0 Å². The number of amides is 1. The summed E-state index contributed by atoms with van der Waals surface area (Å²) in [7, 11) is 0. The van der Waals surface area contributed by atoms with E-state index in [1.807, 2.05) is 43.3 Å². The number of nitrogens with one attached hydrogen (secondary N) is 1. The molecule has 5 nitrogen and oxygen atoms in total. The van der Waals surface area contributed by atoms with Gasteiger partial charge < -0.3 is 4.42 Å². The maximum absolute atomic E-state index is 12.6. The number of rotatable bonds is 6. The molecule has 6 heteroatoms. The standard InChI is InChI=1S/C26H21N3O2S/c1-17-3-7-19(8-4-17)13-23-16-28-26(32-23)29-25(30)21(15-27)14-22-11-12-24(31-22)20-9-5-18(2)6-10-20/h3-12,14,16H,13H2,1-2H3,(H,28,29,30)/b21-14+. The number of nitrogens with zero attached hydrogens (tertiary/aromatic N) is 2. The monoisotopic (exact) mass is 439 g/mol. The van der Waals surface area contributed by atoms with Gasteiger partial charge in [0.15, 0.2) is 5.13 Å². The van der Waals surface area contributed by atoms with Crippen LogP contribution in [0.4, 0.5) is 5.13 Å². The largest absolute Gasteiger partial charge is 0.457 e. The minimum Gasteiger partial charge on any atom is -0.457 e. The molecule has 2 heterocycles. The Balaban J connectivity index is 1.44. The van der Waals surface area contributed by atoms with Gasteiger partial charge in [0.1, 0.15) is 23.2 Å². The highest BCUT2D eigenvalue weighted by Gasteiger charge is 2.14. The van der Waals surface area contributed by atoms with Crippen molar-refractivity contribution in [3.63, 3.8) is 0 Å². The topological polar surface area (TPSA) is 78.9 Å². The van der Waals surface area contributed by atoms with Crippen LogP contribution in [0.25, 0.3) is 17.4 Å². The molecule has 0 spiro atoms. The Bertz CT molecular complexity index is 1310. The van der Waals surface area contributed by atoms with E-state index in [2.05, 4.69) is 41.5 Å². The summed E-state index contributed by atoms with van der Waals surface area (Å²) in [6, 6.07) is 21.8. The Morgan fingerprint density at radius 3 is 2.44 bits per heavy atom. The van der Waals surface area contributed by atoms with Gasteiger partial charge in [-0.25, -0.2) is 4.98 Å². The summed E-state index contributed by atoms with van der Waals surface area (Å²) in [6.07, 6.45) is 3.92. The maximum atomic E-state index is 12.6. The second kappa shape index (κ2) is 9.46. The molecule has 0 aliphatic carbocycles. The van der Waals surface area contributed by atoms with Crippen LogP contribution in [0.3, 0.4) is 0 Å². The molecule has 32 heavy (non-hydrogen) atoms. The molecule has 0 atom stereocenters. The second-order valence-electron chi connectivity index (χ2n) is 7.49. The average Bonchev–Trinajstić information content (AvgIpc) is 3.43. The maximum Gasteiger partial charge on any atom is 0.268 e. The molecule has 158 valence electrons. The fourth-order valence-electron chi connectivity index (χ4n) is 3.11. The molecule has 2 aromatic carbocycles. The zero-order valence-corrected chi connectivity index (χ0v) is 18.6. The summed E-state index contributed by atoms with van der Waals surface area (Å²) in [4.78, 5) is 17.9. The van der Waals surface area contributed by atoms with Gasteiger partial charge >= 0.3 is 0 Å². The normalized spacial score (nSPS) is 11.2. The molecule has 4 aromatic rings. The number of thiazole rings is 1. The Morgan fingerprint density at radius 2 is 1.75 bits per heavy atom. The average molecular weight is 440 g/mol. The van der Waals surface area contributed by atoms with E-state index in [0.29, 0.717) is 16.7 Å². The lowest BCUT2D eigenvalue weighted by Gasteiger charge is -2.00. The van der Waals surface area contributed by atoms with E-state index in [9.17, 15) is 10.1 Å². The van der Waals surface area contributed by atoms with Crippen molar-refractivity contribution in [2.24, 2.45) is 0 Å². The van der Waals surface area contributed by atoms with Gasteiger partial charge in [0.05, 0.1) is 0 Å². The van der Waals surface area contributed by atoms with E-state index >= 15 is 0 Å². The number of anilines is 1. The van der Waals surface area contributed by atoms with Crippen LogP contribution in [-0.4, -0.2) is 10.9 Å². The molecular weight excluding hydrogens is 418 g/mol. The molecule has 1 amide bonds. The number of nitriles is 1. The van der Waals surface area contributed by atoms with Gasteiger partial charge in [0.25, 0.3) is 5.91 Å². The van der Waals surface area contributed by atoms with E-state index in [4.69, 9.17) is 4.42 Å². The minimum atomic E-state index is -0.517. The number of furan rings is 1.